The van der Waals surface area contributed by atoms with Gasteiger partial charge in [-0.3, -0.25) is 52.7 Å². The van der Waals surface area contributed by atoms with Crippen LogP contribution in [-0.2, 0) is 68.7 Å². The molecule has 0 aromatic heterocycles. The van der Waals surface area contributed by atoms with Crippen molar-refractivity contribution >= 4 is 70.9 Å². The number of carbonyl (C=O) groups excluding carboxylic acids is 12. The van der Waals surface area contributed by atoms with E-state index in [1.807, 2.05) is 30.3 Å². The van der Waals surface area contributed by atoms with Crippen LogP contribution in [0.5, 0.6) is 0 Å². The average molecular weight is 1190 g/mol. The van der Waals surface area contributed by atoms with Gasteiger partial charge in [0, 0.05) is 6.42 Å². The Morgan fingerprint density at radius 2 is 1.05 bits per heavy atom. The van der Waals surface area contributed by atoms with Crippen molar-refractivity contribution in [1.29, 1.82) is 0 Å². The van der Waals surface area contributed by atoms with E-state index in [-0.39, 0.29) is 19.3 Å². The molecule has 1 saturated heterocycles. The number of carbonyl (C=O) groups is 12. The molecule has 27 heteroatoms. The van der Waals surface area contributed by atoms with Crippen molar-refractivity contribution in [3.8, 4) is 0 Å². The molecule has 1 heterocycles. The van der Waals surface area contributed by atoms with E-state index < -0.39 is 193 Å². The van der Waals surface area contributed by atoms with Crippen molar-refractivity contribution < 1.29 is 72.5 Å². The third-order valence-corrected chi connectivity index (χ3v) is 15.3. The summed E-state index contributed by atoms with van der Waals surface area (Å²) in [4.78, 5) is 164. The highest BCUT2D eigenvalue weighted by molar-refractivity contribution is 5.99. The van der Waals surface area contributed by atoms with E-state index in [4.69, 9.17) is 10.5 Å². The molecular weight excluding hydrogens is 1090 g/mol. The number of ether oxygens (including phenoxy) is 1. The summed E-state index contributed by atoms with van der Waals surface area (Å²) < 4.78 is 5.69. The molecule has 2 rings (SSSR count). The zero-order chi connectivity index (χ0) is 63.5. The largest absolute Gasteiger partial charge is 0.458 e. The van der Waals surface area contributed by atoms with Gasteiger partial charge in [0.15, 0.2) is 0 Å². The Balaban J connectivity index is 2.40. The van der Waals surface area contributed by atoms with Gasteiger partial charge in [-0.2, -0.15) is 0 Å². The van der Waals surface area contributed by atoms with Crippen LogP contribution in [0.3, 0.4) is 0 Å². The van der Waals surface area contributed by atoms with Gasteiger partial charge in [0.1, 0.15) is 66.5 Å². The first-order valence-corrected chi connectivity index (χ1v) is 29.1. The number of likely N-dealkylation sites (N-methyl/N-ethyl adjacent to an activating group) is 1. The summed E-state index contributed by atoms with van der Waals surface area (Å²) in [7, 11) is 1.60. The maximum absolute atomic E-state index is 14.4. The summed E-state index contributed by atoms with van der Waals surface area (Å²) in [5.41, 5.74) is 6.30. The van der Waals surface area contributed by atoms with Gasteiger partial charge in [-0.1, -0.05) is 125 Å². The van der Waals surface area contributed by atoms with Gasteiger partial charge in [0.2, 0.25) is 65.0 Å². The number of benzene rings is 1. The fourth-order valence-corrected chi connectivity index (χ4v) is 8.89. The average Bonchev–Trinajstić information content (AvgIpc) is 3.56. The van der Waals surface area contributed by atoms with E-state index in [9.17, 15) is 67.7 Å². The second-order valence-corrected chi connectivity index (χ2v) is 21.8. The Bertz CT molecular complexity index is 2400. The topological polar surface area (TPSA) is 413 Å². The number of rotatable bonds is 32. The second-order valence-electron chi connectivity index (χ2n) is 21.8. The molecule has 1 fully saturated rings. The van der Waals surface area contributed by atoms with Gasteiger partial charge < -0.3 is 79.2 Å². The summed E-state index contributed by atoms with van der Waals surface area (Å²) in [6.45, 7) is 16.0. The Morgan fingerprint density at radius 3 is 1.51 bits per heavy atom. The molecule has 27 nitrogen and oxygen atoms in total. The van der Waals surface area contributed by atoms with E-state index in [0.29, 0.717) is 25.7 Å². The molecule has 0 radical (unpaired) electrons. The molecule has 11 amide bonds. The minimum Gasteiger partial charge on any atom is -0.458 e. The van der Waals surface area contributed by atoms with Crippen LogP contribution in [0.4, 0.5) is 0 Å². The smallest absolute Gasteiger partial charge is 0.329 e. The maximum Gasteiger partial charge on any atom is 0.329 e. The van der Waals surface area contributed by atoms with Crippen molar-refractivity contribution in [1.82, 2.24) is 58.5 Å². The standard InChI is InChI=1S/C57H94N12O15/c1-13-21-36-48(74)68-45(32(9)17-5)57(83)84-34(11)46(56(82)60-33(10)47(73)61-36)69-52(78)40(28-71)64-54(80)43(30(7)15-3)67-55(81)44(31(8)16-4)65-49(75)37(24-25-41(58)72)62-51(77)39(27-70)63-53(79)42(29(6)14-2)66-50(76)38(59-12)26-35-22-19-18-20-23-35/h18-20,22-23,29-34,36-40,42-46,59,70-71H,13-17,21,24-28H2,1-12H3,(H2,58,72)(H,60,82)(H,61,73)(H,62,77)(H,63,79)(H,64,80)(H,65,75)(H,66,76)(H,67,81)(H,68,74)(H,69,78)/t29-,30-,31-,32-,33-,34-,36-,37+,38+,39-,40-,42-,43-,44+,45-,46+/m0/s1. The molecule has 1 aromatic rings. The third kappa shape index (κ3) is 22.4. The van der Waals surface area contributed by atoms with Crippen LogP contribution in [0.2, 0.25) is 0 Å². The van der Waals surface area contributed by atoms with Gasteiger partial charge in [-0.25, -0.2) is 4.79 Å². The highest BCUT2D eigenvalue weighted by Gasteiger charge is 2.41. The predicted octanol–water partition coefficient (Wildman–Crippen LogP) is -2.14. The van der Waals surface area contributed by atoms with E-state index in [0.717, 1.165) is 5.56 Å². The Morgan fingerprint density at radius 1 is 0.583 bits per heavy atom. The number of hydrogen-bond donors (Lipinski definition) is 14. The van der Waals surface area contributed by atoms with Crippen molar-refractivity contribution in [2.24, 2.45) is 29.4 Å². The lowest BCUT2D eigenvalue weighted by Crippen LogP contribution is -2.63. The number of hydrogen-bond acceptors (Lipinski definition) is 16. The molecule has 84 heavy (non-hydrogen) atoms. The fraction of sp³-hybridized carbons (Fsp3) is 0.684. The monoisotopic (exact) mass is 1190 g/mol. The Hall–Kier alpha value is -7.26. The normalized spacial score (nSPS) is 21.6. The molecule has 0 unspecified atom stereocenters. The van der Waals surface area contributed by atoms with Crippen LogP contribution in [0.25, 0.3) is 0 Å². The SMILES string of the molecule is CCC[C@@H]1NC(=O)[C@H](C)NC(=O)[C@H](NC(=O)[C@H](CO)NC(=O)[C@@H](NC(=O)[C@H](NC(=O)[C@@H](CCC(N)=O)NC(=O)[C@H](CO)NC(=O)[C@@H](NC(=O)[C@@H](Cc2ccccc2)NC)[C@@H](C)CC)[C@@H](C)CC)[C@@H](C)CC)[C@H](C)OC(=O)[C@H]([C@@H](C)CC)NC1=O. The molecule has 0 saturated carbocycles. The van der Waals surface area contributed by atoms with Crippen LogP contribution in [0.1, 0.15) is 133 Å². The third-order valence-electron chi connectivity index (χ3n) is 15.3. The summed E-state index contributed by atoms with van der Waals surface area (Å²) in [6.07, 6.45) is 0.0690. The van der Waals surface area contributed by atoms with Crippen LogP contribution in [0, 0.1) is 23.7 Å². The summed E-state index contributed by atoms with van der Waals surface area (Å²) in [5, 5.41) is 49.3. The first kappa shape index (κ1) is 72.8. The summed E-state index contributed by atoms with van der Waals surface area (Å²) in [6, 6.07) is -5.94. The molecule has 0 aliphatic carbocycles. The van der Waals surface area contributed by atoms with Crippen LogP contribution < -0.4 is 64.2 Å². The van der Waals surface area contributed by atoms with Crippen LogP contribution in [0.15, 0.2) is 30.3 Å². The van der Waals surface area contributed by atoms with E-state index in [2.05, 4.69) is 58.5 Å². The molecule has 0 spiro atoms. The number of aliphatic hydroxyl groups is 2. The molecule has 472 valence electrons. The fourth-order valence-electron chi connectivity index (χ4n) is 8.89. The van der Waals surface area contributed by atoms with Gasteiger partial charge >= 0.3 is 5.97 Å². The van der Waals surface area contributed by atoms with Crippen LogP contribution >= 0.6 is 0 Å². The molecule has 1 aliphatic heterocycles. The first-order valence-electron chi connectivity index (χ1n) is 29.1. The Labute approximate surface area is 492 Å². The number of esters is 1. The minimum absolute atomic E-state index is 0.208. The number of primary amides is 1. The number of nitrogens with one attached hydrogen (secondary N) is 11. The van der Waals surface area contributed by atoms with E-state index >= 15 is 0 Å². The van der Waals surface area contributed by atoms with Crippen molar-refractivity contribution in [2.45, 2.75) is 207 Å². The lowest BCUT2D eigenvalue weighted by atomic mass is 9.94. The molecule has 1 aromatic carbocycles. The number of nitrogens with two attached hydrogens (primary N) is 1. The molecule has 16 atom stereocenters. The zero-order valence-corrected chi connectivity index (χ0v) is 50.7. The maximum atomic E-state index is 14.4. The lowest BCUT2D eigenvalue weighted by molar-refractivity contribution is -0.157. The summed E-state index contributed by atoms with van der Waals surface area (Å²) in [5.74, 6) is -12.8. The molecule has 15 N–H and O–H groups in total. The molecular formula is C57H94N12O15. The molecule has 0 bridgehead atoms. The lowest BCUT2D eigenvalue weighted by Gasteiger charge is -2.31. The Kier molecular flexibility index (Phi) is 31.6. The van der Waals surface area contributed by atoms with Gasteiger partial charge in [0.25, 0.3) is 0 Å². The van der Waals surface area contributed by atoms with Gasteiger partial charge in [-0.15, -0.1) is 0 Å². The van der Waals surface area contributed by atoms with Crippen molar-refractivity contribution in [2.75, 3.05) is 20.3 Å². The number of aliphatic hydroxyl groups excluding tert-OH is 2. The van der Waals surface area contributed by atoms with E-state index in [1.165, 1.54) is 13.8 Å². The highest BCUT2D eigenvalue weighted by Crippen LogP contribution is 2.17. The number of amides is 11. The molecule has 1 aliphatic rings. The highest BCUT2D eigenvalue weighted by atomic mass is 16.5. The predicted molar refractivity (Wildman–Crippen MR) is 309 cm³/mol. The minimum atomic E-state index is -1.80. The number of cyclic esters (lactones) is 1. The summed E-state index contributed by atoms with van der Waals surface area (Å²) >= 11 is 0. The first-order chi connectivity index (χ1) is 39.7. The van der Waals surface area contributed by atoms with Crippen molar-refractivity contribution in [3.05, 3.63) is 35.9 Å². The second kappa shape index (κ2) is 36.4. The van der Waals surface area contributed by atoms with Gasteiger partial charge in [0.05, 0.1) is 19.3 Å². The van der Waals surface area contributed by atoms with Gasteiger partial charge in [-0.05, 0) is 69.4 Å². The zero-order valence-electron chi connectivity index (χ0n) is 50.7. The van der Waals surface area contributed by atoms with E-state index in [1.54, 1.807) is 69.4 Å². The van der Waals surface area contributed by atoms with Crippen LogP contribution in [-0.4, -0.2) is 174 Å². The van der Waals surface area contributed by atoms with Crippen molar-refractivity contribution in [3.63, 3.8) is 0 Å². The quantitative estimate of drug-likeness (QED) is 0.0343.